The fourth-order valence-electron chi connectivity index (χ4n) is 3.40. The van der Waals surface area contributed by atoms with Crippen molar-refractivity contribution in [1.82, 2.24) is 14.9 Å². The second-order valence-corrected chi connectivity index (χ2v) is 6.71. The van der Waals surface area contributed by atoms with Crippen LogP contribution in [0.4, 0.5) is 10.1 Å². The van der Waals surface area contributed by atoms with Crippen molar-refractivity contribution < 1.29 is 9.13 Å². The van der Waals surface area contributed by atoms with Crippen LogP contribution in [0.5, 0.6) is 5.75 Å². The number of hydrogen-bond acceptors (Lipinski definition) is 4. The summed E-state index contributed by atoms with van der Waals surface area (Å²) in [5.41, 5.74) is 3.10. The molecule has 0 amide bonds. The molecule has 0 aliphatic carbocycles. The molecule has 0 atom stereocenters. The van der Waals surface area contributed by atoms with Gasteiger partial charge in [0.2, 0.25) is 0 Å². The van der Waals surface area contributed by atoms with Crippen LogP contribution in [0.15, 0.2) is 54.7 Å². The molecule has 0 radical (unpaired) electrons. The molecule has 4 rings (SSSR count). The number of imidazole rings is 1. The Labute approximate surface area is 158 Å². The normalized spacial score (nSPS) is 15.1. The Balaban J connectivity index is 1.35. The van der Waals surface area contributed by atoms with E-state index in [2.05, 4.69) is 31.9 Å². The number of H-pyrrole nitrogens is 1. The maximum absolute atomic E-state index is 13.1. The number of piperazine rings is 1. The van der Waals surface area contributed by atoms with Crippen LogP contribution >= 0.6 is 0 Å². The van der Waals surface area contributed by atoms with E-state index in [1.54, 1.807) is 19.2 Å². The first-order valence-corrected chi connectivity index (χ1v) is 9.13. The molecular weight excluding hydrogens is 343 g/mol. The smallest absolute Gasteiger partial charge is 0.137 e. The third-order valence-electron chi connectivity index (χ3n) is 4.92. The van der Waals surface area contributed by atoms with Crippen molar-refractivity contribution in [3.8, 4) is 17.1 Å². The molecule has 2 aromatic carbocycles. The first-order chi connectivity index (χ1) is 13.2. The van der Waals surface area contributed by atoms with E-state index in [1.807, 2.05) is 18.3 Å². The van der Waals surface area contributed by atoms with Gasteiger partial charge in [-0.2, -0.15) is 0 Å². The number of hydrogen-bond donors (Lipinski definition) is 1. The summed E-state index contributed by atoms with van der Waals surface area (Å²) in [6.45, 7) is 4.72. The van der Waals surface area contributed by atoms with Gasteiger partial charge in [-0.25, -0.2) is 9.37 Å². The van der Waals surface area contributed by atoms with Gasteiger partial charge in [0.05, 0.1) is 12.8 Å². The molecule has 5 nitrogen and oxygen atoms in total. The monoisotopic (exact) mass is 366 g/mol. The Morgan fingerprint density at radius 3 is 2.59 bits per heavy atom. The molecule has 2 heterocycles. The van der Waals surface area contributed by atoms with E-state index >= 15 is 0 Å². The van der Waals surface area contributed by atoms with Crippen LogP contribution in [0.1, 0.15) is 5.69 Å². The van der Waals surface area contributed by atoms with Gasteiger partial charge in [0.1, 0.15) is 17.4 Å². The largest absolute Gasteiger partial charge is 0.497 e. The molecule has 0 unspecified atom stereocenters. The minimum absolute atomic E-state index is 0.237. The molecular formula is C21H23FN4O. The number of nitrogens with one attached hydrogen (secondary N) is 1. The molecule has 0 spiro atoms. The third kappa shape index (κ3) is 4.11. The maximum atomic E-state index is 13.1. The second kappa shape index (κ2) is 7.80. The zero-order valence-electron chi connectivity index (χ0n) is 15.4. The lowest BCUT2D eigenvalue weighted by atomic mass is 10.2. The number of nitrogens with zero attached hydrogens (tertiary/aromatic N) is 3. The summed E-state index contributed by atoms with van der Waals surface area (Å²) in [6, 6.07) is 14.6. The molecule has 1 aliphatic heterocycles. The Bertz CT molecular complexity index is 885. The average molecular weight is 366 g/mol. The number of methoxy groups -OCH3 is 1. The minimum atomic E-state index is -0.237. The third-order valence-corrected chi connectivity index (χ3v) is 4.92. The summed E-state index contributed by atoms with van der Waals surface area (Å²) in [6.07, 6.45) is 1.94. The quantitative estimate of drug-likeness (QED) is 0.750. The van der Waals surface area contributed by atoms with E-state index in [1.165, 1.54) is 17.8 Å². The molecule has 0 bridgehead atoms. The van der Waals surface area contributed by atoms with Crippen LogP contribution in [0.2, 0.25) is 0 Å². The predicted molar refractivity (Wildman–Crippen MR) is 104 cm³/mol. The molecule has 1 aromatic heterocycles. The Morgan fingerprint density at radius 2 is 1.85 bits per heavy atom. The highest BCUT2D eigenvalue weighted by molar-refractivity contribution is 5.55. The number of rotatable bonds is 5. The van der Waals surface area contributed by atoms with Gasteiger partial charge in [-0.1, -0.05) is 6.07 Å². The molecule has 6 heteroatoms. The van der Waals surface area contributed by atoms with E-state index in [0.29, 0.717) is 0 Å². The molecule has 1 saturated heterocycles. The minimum Gasteiger partial charge on any atom is -0.497 e. The zero-order valence-corrected chi connectivity index (χ0v) is 15.4. The Kier molecular flexibility index (Phi) is 5.07. The second-order valence-electron chi connectivity index (χ2n) is 6.71. The zero-order chi connectivity index (χ0) is 18.6. The summed E-state index contributed by atoms with van der Waals surface area (Å²) in [7, 11) is 1.70. The lowest BCUT2D eigenvalue weighted by molar-refractivity contribution is 0.247. The van der Waals surface area contributed by atoms with Crippen molar-refractivity contribution >= 4 is 5.69 Å². The van der Waals surface area contributed by atoms with Crippen molar-refractivity contribution in [3.63, 3.8) is 0 Å². The molecule has 1 fully saturated rings. The molecule has 140 valence electrons. The van der Waals surface area contributed by atoms with E-state index in [4.69, 9.17) is 4.74 Å². The van der Waals surface area contributed by atoms with E-state index in [-0.39, 0.29) is 5.82 Å². The summed E-state index contributed by atoms with van der Waals surface area (Å²) in [5, 5.41) is 0. The summed E-state index contributed by atoms with van der Waals surface area (Å²) in [5.74, 6) is 1.43. The van der Waals surface area contributed by atoms with Gasteiger partial charge in [0.25, 0.3) is 0 Å². The molecule has 0 saturated carbocycles. The van der Waals surface area contributed by atoms with Crippen molar-refractivity contribution in [2.75, 3.05) is 38.2 Å². The lowest BCUT2D eigenvalue weighted by Crippen LogP contribution is -2.46. The van der Waals surface area contributed by atoms with Crippen LogP contribution in [-0.4, -0.2) is 48.2 Å². The maximum Gasteiger partial charge on any atom is 0.137 e. The molecule has 1 aliphatic rings. The summed E-state index contributed by atoms with van der Waals surface area (Å²) < 4.78 is 18.4. The predicted octanol–water partition coefficient (Wildman–Crippen LogP) is 3.55. The van der Waals surface area contributed by atoms with E-state index in [0.717, 1.165) is 55.6 Å². The highest BCUT2D eigenvalue weighted by Gasteiger charge is 2.18. The van der Waals surface area contributed by atoms with Crippen molar-refractivity contribution in [1.29, 1.82) is 0 Å². The number of ether oxygens (including phenoxy) is 1. The van der Waals surface area contributed by atoms with Gasteiger partial charge < -0.3 is 14.6 Å². The fourth-order valence-corrected chi connectivity index (χ4v) is 3.40. The number of anilines is 1. The van der Waals surface area contributed by atoms with Gasteiger partial charge in [-0.05, 0) is 36.4 Å². The Morgan fingerprint density at radius 1 is 1.07 bits per heavy atom. The first-order valence-electron chi connectivity index (χ1n) is 9.13. The number of benzene rings is 2. The SMILES string of the molecule is COc1cccc(N2CCN(Cc3c[nH]c(-c4ccc(F)cc4)n3)CC2)c1. The molecule has 27 heavy (non-hydrogen) atoms. The topological polar surface area (TPSA) is 44.4 Å². The van der Waals surface area contributed by atoms with E-state index < -0.39 is 0 Å². The van der Waals surface area contributed by atoms with Crippen LogP contribution in [0, 0.1) is 5.82 Å². The molecule has 3 aromatic rings. The van der Waals surface area contributed by atoms with Gasteiger partial charge in [-0.3, -0.25) is 4.90 Å². The van der Waals surface area contributed by atoms with Crippen molar-refractivity contribution in [2.45, 2.75) is 6.54 Å². The van der Waals surface area contributed by atoms with Gasteiger partial charge in [-0.15, -0.1) is 0 Å². The van der Waals surface area contributed by atoms with Gasteiger partial charge in [0.15, 0.2) is 0 Å². The summed E-state index contributed by atoms with van der Waals surface area (Å²) >= 11 is 0. The standard InChI is InChI=1S/C21H23FN4O/c1-27-20-4-2-3-19(13-20)26-11-9-25(10-12-26)15-18-14-23-21(24-18)16-5-7-17(22)8-6-16/h2-8,13-14H,9-12,15H2,1H3,(H,23,24). The van der Waals surface area contributed by atoms with E-state index in [9.17, 15) is 4.39 Å². The van der Waals surface area contributed by atoms with Crippen molar-refractivity contribution in [3.05, 3.63) is 66.2 Å². The number of aromatic amines is 1. The first kappa shape index (κ1) is 17.5. The van der Waals surface area contributed by atoms with Crippen molar-refractivity contribution in [2.24, 2.45) is 0 Å². The van der Waals surface area contributed by atoms with Crippen LogP contribution in [0.3, 0.4) is 0 Å². The average Bonchev–Trinajstić information content (AvgIpc) is 3.17. The number of halogens is 1. The lowest BCUT2D eigenvalue weighted by Gasteiger charge is -2.35. The highest BCUT2D eigenvalue weighted by atomic mass is 19.1. The Hall–Kier alpha value is -2.86. The van der Waals surface area contributed by atoms with Crippen LogP contribution < -0.4 is 9.64 Å². The van der Waals surface area contributed by atoms with Crippen LogP contribution in [0.25, 0.3) is 11.4 Å². The van der Waals surface area contributed by atoms with Crippen LogP contribution in [-0.2, 0) is 6.54 Å². The fraction of sp³-hybridized carbons (Fsp3) is 0.286. The highest BCUT2D eigenvalue weighted by Crippen LogP contribution is 2.23. The van der Waals surface area contributed by atoms with Gasteiger partial charge in [0, 0.05) is 56.2 Å². The van der Waals surface area contributed by atoms with Gasteiger partial charge >= 0.3 is 0 Å². The molecule has 1 N–H and O–H groups in total. The number of aromatic nitrogens is 2. The summed E-state index contributed by atoms with van der Waals surface area (Å²) in [4.78, 5) is 12.6.